The van der Waals surface area contributed by atoms with Crippen molar-refractivity contribution < 1.29 is 9.53 Å². The number of carbonyl (C=O) groups is 1. The molecule has 21 heavy (non-hydrogen) atoms. The summed E-state index contributed by atoms with van der Waals surface area (Å²) in [5.41, 5.74) is 3.13. The van der Waals surface area contributed by atoms with Gasteiger partial charge in [-0.2, -0.15) is 5.10 Å². The molecule has 2 N–H and O–H groups in total. The summed E-state index contributed by atoms with van der Waals surface area (Å²) in [4.78, 5) is 13.8. The topological polar surface area (TPSA) is 70.2 Å². The first-order valence-corrected chi connectivity index (χ1v) is 7.02. The van der Waals surface area contributed by atoms with Gasteiger partial charge in [-0.3, -0.25) is 5.10 Å². The van der Waals surface area contributed by atoms with Crippen LogP contribution in [0.5, 0.6) is 0 Å². The number of nitrogens with one attached hydrogen (secondary N) is 2. The first-order valence-electron chi connectivity index (χ1n) is 7.02. The van der Waals surface area contributed by atoms with E-state index in [4.69, 9.17) is 4.74 Å². The van der Waals surface area contributed by atoms with Crippen molar-refractivity contribution in [3.05, 3.63) is 42.1 Å². The summed E-state index contributed by atoms with van der Waals surface area (Å²) < 4.78 is 5.23. The molecule has 0 saturated carbocycles. The molecule has 0 atom stereocenters. The third-order valence-corrected chi connectivity index (χ3v) is 3.51. The fourth-order valence-corrected chi connectivity index (χ4v) is 2.27. The first kappa shape index (κ1) is 13.6. The molecule has 0 spiro atoms. The molecule has 1 aliphatic rings. The summed E-state index contributed by atoms with van der Waals surface area (Å²) in [7, 11) is 0. The van der Waals surface area contributed by atoms with Crippen molar-refractivity contribution in [2.24, 2.45) is 0 Å². The van der Waals surface area contributed by atoms with Crippen LogP contribution in [0.15, 0.2) is 36.5 Å². The van der Waals surface area contributed by atoms with E-state index in [-0.39, 0.29) is 6.03 Å². The van der Waals surface area contributed by atoms with Crippen LogP contribution in [-0.2, 0) is 11.3 Å². The Morgan fingerprint density at radius 1 is 1.24 bits per heavy atom. The van der Waals surface area contributed by atoms with Crippen LogP contribution in [0.1, 0.15) is 5.56 Å². The third kappa shape index (κ3) is 3.41. The monoisotopic (exact) mass is 286 g/mol. The van der Waals surface area contributed by atoms with Crippen molar-refractivity contribution in [3.8, 4) is 11.3 Å². The van der Waals surface area contributed by atoms with Crippen LogP contribution in [0.3, 0.4) is 0 Å². The second-order valence-corrected chi connectivity index (χ2v) is 4.93. The summed E-state index contributed by atoms with van der Waals surface area (Å²) in [6.07, 6.45) is 1.73. The van der Waals surface area contributed by atoms with Crippen molar-refractivity contribution in [2.75, 3.05) is 26.3 Å². The molecule has 6 nitrogen and oxygen atoms in total. The molecule has 0 unspecified atom stereocenters. The minimum Gasteiger partial charge on any atom is -0.378 e. The van der Waals surface area contributed by atoms with Gasteiger partial charge in [-0.15, -0.1) is 0 Å². The van der Waals surface area contributed by atoms with E-state index in [1.54, 1.807) is 11.1 Å². The second-order valence-electron chi connectivity index (χ2n) is 4.93. The number of hydrogen-bond acceptors (Lipinski definition) is 3. The lowest BCUT2D eigenvalue weighted by molar-refractivity contribution is 0.0531. The van der Waals surface area contributed by atoms with Crippen molar-refractivity contribution in [3.63, 3.8) is 0 Å². The molecule has 1 saturated heterocycles. The van der Waals surface area contributed by atoms with Gasteiger partial charge >= 0.3 is 6.03 Å². The van der Waals surface area contributed by atoms with E-state index in [0.29, 0.717) is 32.8 Å². The van der Waals surface area contributed by atoms with Gasteiger partial charge in [-0.25, -0.2) is 4.79 Å². The normalized spacial score (nSPS) is 15.0. The molecule has 2 heterocycles. The van der Waals surface area contributed by atoms with Crippen LogP contribution < -0.4 is 5.32 Å². The summed E-state index contributed by atoms with van der Waals surface area (Å²) >= 11 is 0. The predicted molar refractivity (Wildman–Crippen MR) is 78.7 cm³/mol. The predicted octanol–water partition coefficient (Wildman–Crippen LogP) is 1.62. The highest BCUT2D eigenvalue weighted by molar-refractivity contribution is 5.74. The summed E-state index contributed by atoms with van der Waals surface area (Å²) in [5, 5.41) is 9.80. The van der Waals surface area contributed by atoms with Crippen molar-refractivity contribution in [1.29, 1.82) is 0 Å². The van der Waals surface area contributed by atoms with Crippen LogP contribution >= 0.6 is 0 Å². The molecular formula is C15H18N4O2. The fourth-order valence-electron chi connectivity index (χ4n) is 2.27. The number of H-pyrrole nitrogens is 1. The van der Waals surface area contributed by atoms with Gasteiger partial charge in [0.25, 0.3) is 0 Å². The molecule has 2 amide bonds. The summed E-state index contributed by atoms with van der Waals surface area (Å²) in [6, 6.07) is 9.95. The molecule has 1 aromatic carbocycles. The van der Waals surface area contributed by atoms with Crippen LogP contribution in [0, 0.1) is 0 Å². The smallest absolute Gasteiger partial charge is 0.317 e. The summed E-state index contributed by atoms with van der Waals surface area (Å²) in [6.45, 7) is 3.08. The Labute approximate surface area is 123 Å². The molecular weight excluding hydrogens is 268 g/mol. The quantitative estimate of drug-likeness (QED) is 0.900. The number of morpholine rings is 1. The minimum absolute atomic E-state index is 0.0315. The van der Waals surface area contributed by atoms with Crippen LogP contribution in [0.2, 0.25) is 0 Å². The Morgan fingerprint density at radius 3 is 2.67 bits per heavy atom. The number of benzene rings is 1. The number of rotatable bonds is 3. The molecule has 1 fully saturated rings. The lowest BCUT2D eigenvalue weighted by Gasteiger charge is -2.26. The zero-order valence-corrected chi connectivity index (χ0v) is 11.7. The molecule has 0 bridgehead atoms. The number of amides is 2. The number of nitrogens with zero attached hydrogens (tertiary/aromatic N) is 2. The number of hydrogen-bond donors (Lipinski definition) is 2. The maximum atomic E-state index is 12.0. The lowest BCUT2D eigenvalue weighted by atomic mass is 10.1. The summed E-state index contributed by atoms with van der Waals surface area (Å²) in [5.74, 6) is 0. The average Bonchev–Trinajstić information content (AvgIpc) is 3.08. The molecule has 1 aromatic heterocycles. The van der Waals surface area contributed by atoms with Gasteiger partial charge in [0.15, 0.2) is 0 Å². The first-order chi connectivity index (χ1) is 10.3. The molecule has 3 rings (SSSR count). The fraction of sp³-hybridized carbons (Fsp3) is 0.333. The van der Waals surface area contributed by atoms with Crippen LogP contribution in [0.25, 0.3) is 11.3 Å². The van der Waals surface area contributed by atoms with Crippen LogP contribution in [-0.4, -0.2) is 47.4 Å². The molecule has 1 aliphatic heterocycles. The lowest BCUT2D eigenvalue weighted by Crippen LogP contribution is -2.45. The maximum Gasteiger partial charge on any atom is 0.317 e. The standard InChI is InChI=1S/C15H18N4O2/c20-15(19-7-9-21-10-8-19)16-11-12-1-3-13(4-2-12)14-5-6-17-18-14/h1-6H,7-11H2,(H,16,20)(H,17,18). The number of urea groups is 1. The van der Waals surface area contributed by atoms with Crippen molar-refractivity contribution >= 4 is 6.03 Å². The van der Waals surface area contributed by atoms with Gasteiger partial charge < -0.3 is 15.0 Å². The Bertz CT molecular complexity index is 574. The number of aromatic nitrogens is 2. The van der Waals surface area contributed by atoms with Gasteiger partial charge in [0.2, 0.25) is 0 Å². The van der Waals surface area contributed by atoms with E-state index in [1.165, 1.54) is 0 Å². The Hall–Kier alpha value is -2.34. The van der Waals surface area contributed by atoms with E-state index in [9.17, 15) is 4.79 Å². The molecule has 6 heteroatoms. The molecule has 110 valence electrons. The highest BCUT2D eigenvalue weighted by Crippen LogP contribution is 2.16. The largest absolute Gasteiger partial charge is 0.378 e. The number of carbonyl (C=O) groups excluding carboxylic acids is 1. The number of ether oxygens (including phenoxy) is 1. The van der Waals surface area contributed by atoms with Crippen molar-refractivity contribution in [1.82, 2.24) is 20.4 Å². The zero-order chi connectivity index (χ0) is 14.5. The van der Waals surface area contributed by atoms with Crippen molar-refractivity contribution in [2.45, 2.75) is 6.54 Å². The maximum absolute atomic E-state index is 12.0. The van der Waals surface area contributed by atoms with Gasteiger partial charge in [-0.1, -0.05) is 24.3 Å². The second kappa shape index (κ2) is 6.41. The van der Waals surface area contributed by atoms with Gasteiger partial charge in [0.05, 0.1) is 18.9 Å². The molecule has 0 radical (unpaired) electrons. The Kier molecular flexibility index (Phi) is 4.16. The van der Waals surface area contributed by atoms with Gasteiger partial charge in [-0.05, 0) is 17.2 Å². The Morgan fingerprint density at radius 2 is 2.00 bits per heavy atom. The Balaban J connectivity index is 1.54. The SMILES string of the molecule is O=C(NCc1ccc(-c2ccn[nH]2)cc1)N1CCOCC1. The van der Waals surface area contributed by atoms with E-state index in [0.717, 1.165) is 16.8 Å². The minimum atomic E-state index is -0.0315. The van der Waals surface area contributed by atoms with E-state index >= 15 is 0 Å². The average molecular weight is 286 g/mol. The van der Waals surface area contributed by atoms with Gasteiger partial charge in [0.1, 0.15) is 0 Å². The van der Waals surface area contributed by atoms with E-state index in [1.807, 2.05) is 30.3 Å². The highest BCUT2D eigenvalue weighted by Gasteiger charge is 2.15. The third-order valence-electron chi connectivity index (χ3n) is 3.51. The van der Waals surface area contributed by atoms with E-state index < -0.39 is 0 Å². The van der Waals surface area contributed by atoms with Gasteiger partial charge in [0, 0.05) is 25.8 Å². The van der Waals surface area contributed by atoms with Crippen LogP contribution in [0.4, 0.5) is 4.79 Å². The molecule has 2 aromatic rings. The van der Waals surface area contributed by atoms with E-state index in [2.05, 4.69) is 15.5 Å². The zero-order valence-electron chi connectivity index (χ0n) is 11.7. The molecule has 0 aliphatic carbocycles. The number of aromatic amines is 1. The highest BCUT2D eigenvalue weighted by atomic mass is 16.5.